The second-order valence-corrected chi connectivity index (χ2v) is 7.20. The molecule has 138 valence electrons. The van der Waals surface area contributed by atoms with E-state index in [0.29, 0.717) is 11.6 Å². The summed E-state index contributed by atoms with van der Waals surface area (Å²) in [6, 6.07) is 5.75. The number of imidazole rings is 1. The third-order valence-corrected chi connectivity index (χ3v) is 5.55. The minimum Gasteiger partial charge on any atom is -0.336 e. The molecule has 1 aromatic carbocycles. The Bertz CT molecular complexity index is 774. The first-order chi connectivity index (χ1) is 12.4. The lowest BCUT2D eigenvalue weighted by molar-refractivity contribution is -0.138. The lowest BCUT2D eigenvalue weighted by atomic mass is 9.96. The highest BCUT2D eigenvalue weighted by atomic mass is 19.4. The Morgan fingerprint density at radius 1 is 1.15 bits per heavy atom. The van der Waals surface area contributed by atoms with E-state index in [9.17, 15) is 18.0 Å². The Hall–Kier alpha value is -2.31. The van der Waals surface area contributed by atoms with Gasteiger partial charge in [0.05, 0.1) is 18.3 Å². The van der Waals surface area contributed by atoms with Crippen molar-refractivity contribution in [3.05, 3.63) is 54.1 Å². The monoisotopic (exact) mass is 363 g/mol. The summed E-state index contributed by atoms with van der Waals surface area (Å²) in [5, 5.41) is 0. The van der Waals surface area contributed by atoms with Crippen molar-refractivity contribution in [2.24, 2.45) is 0 Å². The van der Waals surface area contributed by atoms with Crippen molar-refractivity contribution in [1.29, 1.82) is 0 Å². The van der Waals surface area contributed by atoms with Crippen LogP contribution in [0.15, 0.2) is 43.0 Å². The van der Waals surface area contributed by atoms with E-state index in [-0.39, 0.29) is 24.4 Å². The van der Waals surface area contributed by atoms with Crippen molar-refractivity contribution in [2.75, 3.05) is 0 Å². The first-order valence-corrected chi connectivity index (χ1v) is 8.86. The van der Waals surface area contributed by atoms with Crippen LogP contribution in [0.5, 0.6) is 0 Å². The second-order valence-electron chi connectivity index (χ2n) is 7.20. The number of amides is 1. The van der Waals surface area contributed by atoms with E-state index in [4.69, 9.17) is 0 Å². The van der Waals surface area contributed by atoms with Gasteiger partial charge in [-0.25, -0.2) is 4.98 Å². The standard InChI is InChI=1S/C19H20F3N3O/c20-19(21,22)14-3-1-2-13(8-14)9-18(26)25-15-4-5-16(25)11-17(10-15)24-7-6-23-12-24/h1-3,6-8,12,15-17H,4-5,9-11H2. The lowest BCUT2D eigenvalue weighted by Crippen LogP contribution is -2.47. The summed E-state index contributed by atoms with van der Waals surface area (Å²) in [5.41, 5.74) is -0.287. The molecule has 2 fully saturated rings. The Kier molecular flexibility index (Phi) is 4.25. The molecule has 2 aliphatic heterocycles. The van der Waals surface area contributed by atoms with Crippen molar-refractivity contribution >= 4 is 5.91 Å². The van der Waals surface area contributed by atoms with Gasteiger partial charge in [-0.1, -0.05) is 18.2 Å². The summed E-state index contributed by atoms with van der Waals surface area (Å²) in [5.74, 6) is -0.0686. The number of alkyl halides is 3. The molecule has 0 N–H and O–H groups in total. The van der Waals surface area contributed by atoms with Crippen LogP contribution >= 0.6 is 0 Å². The van der Waals surface area contributed by atoms with Gasteiger partial charge in [-0.15, -0.1) is 0 Å². The van der Waals surface area contributed by atoms with Gasteiger partial charge in [0.1, 0.15) is 0 Å². The van der Waals surface area contributed by atoms with E-state index in [2.05, 4.69) is 9.55 Å². The normalized spacial score (nSPS) is 25.5. The summed E-state index contributed by atoms with van der Waals surface area (Å²) in [7, 11) is 0. The molecule has 2 unspecified atom stereocenters. The molecule has 4 rings (SSSR count). The highest BCUT2D eigenvalue weighted by molar-refractivity contribution is 5.80. The Balaban J connectivity index is 1.46. The summed E-state index contributed by atoms with van der Waals surface area (Å²) in [6.45, 7) is 0. The molecule has 2 aromatic rings. The summed E-state index contributed by atoms with van der Waals surface area (Å²) in [4.78, 5) is 18.8. The zero-order chi connectivity index (χ0) is 18.3. The summed E-state index contributed by atoms with van der Waals surface area (Å²) >= 11 is 0. The van der Waals surface area contributed by atoms with E-state index in [1.807, 2.05) is 17.4 Å². The van der Waals surface area contributed by atoms with Crippen LogP contribution in [0.1, 0.15) is 42.9 Å². The van der Waals surface area contributed by atoms with Crippen LogP contribution in [-0.4, -0.2) is 32.4 Å². The Morgan fingerprint density at radius 2 is 1.88 bits per heavy atom. The molecule has 0 aliphatic carbocycles. The number of carbonyl (C=O) groups excluding carboxylic acids is 1. The Labute approximate surface area is 149 Å². The van der Waals surface area contributed by atoms with Crippen LogP contribution < -0.4 is 0 Å². The summed E-state index contributed by atoms with van der Waals surface area (Å²) < 4.78 is 40.7. The molecule has 3 heterocycles. The molecule has 2 atom stereocenters. The number of halogens is 3. The van der Waals surface area contributed by atoms with Crippen LogP contribution in [0, 0.1) is 0 Å². The van der Waals surface area contributed by atoms with Crippen molar-refractivity contribution in [2.45, 2.75) is 56.4 Å². The lowest BCUT2D eigenvalue weighted by Gasteiger charge is -2.39. The Morgan fingerprint density at radius 3 is 2.50 bits per heavy atom. The summed E-state index contributed by atoms with van der Waals surface area (Å²) in [6.07, 6.45) is 4.83. The largest absolute Gasteiger partial charge is 0.416 e. The number of rotatable bonds is 3. The minimum atomic E-state index is -4.39. The molecule has 1 amide bonds. The van der Waals surface area contributed by atoms with Gasteiger partial charge in [-0.05, 0) is 37.3 Å². The van der Waals surface area contributed by atoms with Crippen molar-refractivity contribution in [1.82, 2.24) is 14.5 Å². The third kappa shape index (κ3) is 3.22. The molecule has 2 bridgehead atoms. The highest BCUT2D eigenvalue weighted by Gasteiger charge is 2.43. The smallest absolute Gasteiger partial charge is 0.336 e. The average Bonchev–Trinajstić information content (AvgIpc) is 3.21. The van der Waals surface area contributed by atoms with E-state index < -0.39 is 11.7 Å². The number of hydrogen-bond acceptors (Lipinski definition) is 2. The molecule has 2 aliphatic rings. The van der Waals surface area contributed by atoms with Gasteiger partial charge >= 0.3 is 6.18 Å². The number of carbonyl (C=O) groups is 1. The maximum Gasteiger partial charge on any atom is 0.416 e. The molecule has 7 heteroatoms. The van der Waals surface area contributed by atoms with Gasteiger partial charge in [0.2, 0.25) is 5.91 Å². The van der Waals surface area contributed by atoms with Crippen LogP contribution in [0.25, 0.3) is 0 Å². The van der Waals surface area contributed by atoms with Crippen LogP contribution in [-0.2, 0) is 17.4 Å². The van der Waals surface area contributed by atoms with Gasteiger partial charge in [-0.3, -0.25) is 4.79 Å². The predicted octanol–water partition coefficient (Wildman–Crippen LogP) is 3.84. The van der Waals surface area contributed by atoms with Gasteiger partial charge < -0.3 is 9.47 Å². The molecule has 4 nitrogen and oxygen atoms in total. The minimum absolute atomic E-state index is 0.0205. The van der Waals surface area contributed by atoms with Gasteiger partial charge in [0.25, 0.3) is 0 Å². The van der Waals surface area contributed by atoms with Crippen LogP contribution in [0.2, 0.25) is 0 Å². The first-order valence-electron chi connectivity index (χ1n) is 8.86. The number of benzene rings is 1. The number of aromatic nitrogens is 2. The number of nitrogens with zero attached hydrogens (tertiary/aromatic N) is 3. The fraction of sp³-hybridized carbons (Fsp3) is 0.474. The molecule has 1 aromatic heterocycles. The molecular weight excluding hydrogens is 343 g/mol. The third-order valence-electron chi connectivity index (χ3n) is 5.55. The molecule has 2 saturated heterocycles. The van der Waals surface area contributed by atoms with Crippen LogP contribution in [0.3, 0.4) is 0 Å². The number of fused-ring (bicyclic) bond motifs is 2. The van der Waals surface area contributed by atoms with E-state index in [1.165, 1.54) is 6.07 Å². The topological polar surface area (TPSA) is 38.1 Å². The number of hydrogen-bond donors (Lipinski definition) is 0. The molecule has 0 saturated carbocycles. The van der Waals surface area contributed by atoms with Gasteiger partial charge in [0.15, 0.2) is 0 Å². The first kappa shape index (κ1) is 17.1. The van der Waals surface area contributed by atoms with E-state index in [0.717, 1.165) is 37.8 Å². The maximum atomic E-state index is 12.9. The van der Waals surface area contributed by atoms with E-state index in [1.54, 1.807) is 12.3 Å². The molecular formula is C19H20F3N3O. The van der Waals surface area contributed by atoms with Crippen molar-refractivity contribution in [3.63, 3.8) is 0 Å². The zero-order valence-electron chi connectivity index (χ0n) is 14.2. The number of piperidine rings is 1. The molecule has 26 heavy (non-hydrogen) atoms. The second kappa shape index (κ2) is 6.45. The van der Waals surface area contributed by atoms with Gasteiger partial charge in [0, 0.05) is 30.5 Å². The zero-order valence-corrected chi connectivity index (χ0v) is 14.2. The van der Waals surface area contributed by atoms with Crippen molar-refractivity contribution in [3.8, 4) is 0 Å². The predicted molar refractivity (Wildman–Crippen MR) is 89.3 cm³/mol. The van der Waals surface area contributed by atoms with Gasteiger partial charge in [-0.2, -0.15) is 13.2 Å². The quantitative estimate of drug-likeness (QED) is 0.831. The SMILES string of the molecule is O=C(Cc1cccc(C(F)(F)F)c1)N1C2CCC1CC(n1ccnc1)C2. The average molecular weight is 363 g/mol. The fourth-order valence-electron chi connectivity index (χ4n) is 4.41. The van der Waals surface area contributed by atoms with Crippen LogP contribution in [0.4, 0.5) is 13.2 Å². The maximum absolute atomic E-state index is 12.9. The van der Waals surface area contributed by atoms with E-state index >= 15 is 0 Å². The van der Waals surface area contributed by atoms with Crippen molar-refractivity contribution < 1.29 is 18.0 Å². The highest BCUT2D eigenvalue weighted by Crippen LogP contribution is 2.41. The molecule has 0 radical (unpaired) electrons. The molecule has 0 spiro atoms. The fourth-order valence-corrected chi connectivity index (χ4v) is 4.41.